The summed E-state index contributed by atoms with van der Waals surface area (Å²) in [4.78, 5) is 50.5. The van der Waals surface area contributed by atoms with Crippen molar-refractivity contribution in [2.45, 2.75) is 51.7 Å². The second-order valence-corrected chi connectivity index (χ2v) is 7.47. The van der Waals surface area contributed by atoms with Crippen LogP contribution in [0.2, 0.25) is 0 Å². The maximum atomic E-state index is 13.2. The molecule has 3 N–H and O–H groups in total. The summed E-state index contributed by atoms with van der Waals surface area (Å²) in [6, 6.07) is 2.26. The van der Waals surface area contributed by atoms with Crippen LogP contribution >= 0.6 is 0 Å². The zero-order valence-electron chi connectivity index (χ0n) is 16.6. The molecule has 3 amide bonds. The molecule has 0 saturated heterocycles. The predicted molar refractivity (Wildman–Crippen MR) is 104 cm³/mol. The average molecular weight is 403 g/mol. The van der Waals surface area contributed by atoms with Crippen molar-refractivity contribution in [2.75, 3.05) is 11.5 Å². The van der Waals surface area contributed by atoms with E-state index in [9.17, 15) is 24.3 Å². The SMILES string of the molecule is CC[C@H](C)[C@H](NC(C)=O)C(=O)N[C@H]1COc2cccc3c2N(C1=O)[C@H](C(=O)O)C3. The fourth-order valence-corrected chi connectivity index (χ4v) is 3.74. The Kier molecular flexibility index (Phi) is 5.76. The number of aliphatic carboxylic acids is 1. The Labute approximate surface area is 168 Å². The number of amides is 3. The Morgan fingerprint density at radius 1 is 1.34 bits per heavy atom. The number of nitrogens with zero attached hydrogens (tertiary/aromatic N) is 1. The molecular formula is C20H25N3O6. The third-order valence-corrected chi connectivity index (χ3v) is 5.45. The molecule has 0 radical (unpaired) electrons. The molecule has 9 heteroatoms. The van der Waals surface area contributed by atoms with Crippen LogP contribution in [0.25, 0.3) is 0 Å². The highest BCUT2D eigenvalue weighted by atomic mass is 16.5. The van der Waals surface area contributed by atoms with Crippen LogP contribution < -0.4 is 20.3 Å². The molecule has 29 heavy (non-hydrogen) atoms. The van der Waals surface area contributed by atoms with Crippen molar-refractivity contribution < 1.29 is 29.0 Å². The lowest BCUT2D eigenvalue weighted by molar-refractivity contribution is -0.140. The molecule has 2 aliphatic rings. The summed E-state index contributed by atoms with van der Waals surface area (Å²) < 4.78 is 5.74. The molecule has 2 heterocycles. The molecule has 0 aromatic heterocycles. The lowest BCUT2D eigenvalue weighted by atomic mass is 9.98. The van der Waals surface area contributed by atoms with Gasteiger partial charge < -0.3 is 20.5 Å². The predicted octanol–water partition coefficient (Wildman–Crippen LogP) is 0.457. The molecule has 0 unspecified atom stereocenters. The number of benzene rings is 1. The van der Waals surface area contributed by atoms with Crippen molar-refractivity contribution in [3.63, 3.8) is 0 Å². The van der Waals surface area contributed by atoms with Gasteiger partial charge in [-0.05, 0) is 17.5 Å². The number of carbonyl (C=O) groups is 4. The number of carboxylic acid groups (broad SMARTS) is 1. The standard InChI is InChI=1S/C20H25N3O6/c1-4-10(2)16(21-11(3)24)18(25)22-13-9-29-15-7-5-6-12-8-14(20(27)28)23(17(12)15)19(13)26/h5-7,10,13-14,16H,4,8-9H2,1-3H3,(H,21,24)(H,22,25)(H,27,28)/t10-,13-,14-,16-/m0/s1. The van der Waals surface area contributed by atoms with Gasteiger partial charge in [0.25, 0.3) is 5.91 Å². The Bertz CT molecular complexity index is 855. The first-order valence-electron chi connectivity index (χ1n) is 9.62. The Hall–Kier alpha value is -3.10. The minimum Gasteiger partial charge on any atom is -0.489 e. The fraction of sp³-hybridized carbons (Fsp3) is 0.500. The van der Waals surface area contributed by atoms with Gasteiger partial charge >= 0.3 is 5.97 Å². The molecule has 156 valence electrons. The summed E-state index contributed by atoms with van der Waals surface area (Å²) in [5.41, 5.74) is 1.16. The normalized spacial score (nSPS) is 22.0. The minimum absolute atomic E-state index is 0.128. The molecule has 0 fully saturated rings. The number of nitrogens with one attached hydrogen (secondary N) is 2. The van der Waals surface area contributed by atoms with Crippen LogP contribution in [0.3, 0.4) is 0 Å². The van der Waals surface area contributed by atoms with Gasteiger partial charge in [-0.1, -0.05) is 32.4 Å². The highest BCUT2D eigenvalue weighted by molar-refractivity contribution is 6.07. The van der Waals surface area contributed by atoms with E-state index in [0.29, 0.717) is 23.4 Å². The summed E-state index contributed by atoms with van der Waals surface area (Å²) in [6.45, 7) is 4.92. The lowest BCUT2D eigenvalue weighted by Crippen LogP contribution is -2.58. The van der Waals surface area contributed by atoms with E-state index in [2.05, 4.69) is 10.6 Å². The highest BCUT2D eigenvalue weighted by Gasteiger charge is 2.45. The zero-order valence-corrected chi connectivity index (χ0v) is 16.6. The van der Waals surface area contributed by atoms with Crippen LogP contribution in [0.4, 0.5) is 5.69 Å². The topological polar surface area (TPSA) is 125 Å². The molecule has 0 saturated carbocycles. The van der Waals surface area contributed by atoms with Crippen LogP contribution in [-0.2, 0) is 25.6 Å². The lowest BCUT2D eigenvalue weighted by Gasteiger charge is -2.28. The number of rotatable bonds is 6. The van der Waals surface area contributed by atoms with Gasteiger partial charge in [-0.15, -0.1) is 0 Å². The van der Waals surface area contributed by atoms with Crippen molar-refractivity contribution in [3.05, 3.63) is 23.8 Å². The maximum absolute atomic E-state index is 13.2. The summed E-state index contributed by atoms with van der Waals surface area (Å²) >= 11 is 0. The maximum Gasteiger partial charge on any atom is 0.327 e. The highest BCUT2D eigenvalue weighted by Crippen LogP contribution is 2.42. The van der Waals surface area contributed by atoms with Gasteiger partial charge in [0.1, 0.15) is 30.5 Å². The Morgan fingerprint density at radius 2 is 2.07 bits per heavy atom. The summed E-state index contributed by atoms with van der Waals surface area (Å²) in [6.07, 6.45) is 0.825. The molecular weight excluding hydrogens is 378 g/mol. The van der Waals surface area contributed by atoms with Gasteiger partial charge in [0, 0.05) is 13.3 Å². The molecule has 0 aliphatic carbocycles. The third-order valence-electron chi connectivity index (χ3n) is 5.45. The number of anilines is 1. The number of ether oxygens (including phenoxy) is 1. The quantitative estimate of drug-likeness (QED) is 0.634. The Morgan fingerprint density at radius 3 is 2.69 bits per heavy atom. The van der Waals surface area contributed by atoms with Crippen molar-refractivity contribution in [3.8, 4) is 5.75 Å². The van der Waals surface area contributed by atoms with Crippen LogP contribution in [0.1, 0.15) is 32.8 Å². The smallest absolute Gasteiger partial charge is 0.327 e. The zero-order chi connectivity index (χ0) is 21.3. The minimum atomic E-state index is -1.12. The summed E-state index contributed by atoms with van der Waals surface area (Å²) in [7, 11) is 0. The first-order chi connectivity index (χ1) is 13.7. The van der Waals surface area contributed by atoms with Gasteiger partial charge in [-0.3, -0.25) is 19.3 Å². The number of hydrogen-bond donors (Lipinski definition) is 3. The first-order valence-corrected chi connectivity index (χ1v) is 9.62. The van der Waals surface area contributed by atoms with Crippen LogP contribution in [0, 0.1) is 5.92 Å². The molecule has 1 aromatic rings. The summed E-state index contributed by atoms with van der Waals surface area (Å²) in [5, 5.41) is 14.9. The number of carbonyl (C=O) groups excluding carboxylic acids is 3. The van der Waals surface area contributed by atoms with Crippen LogP contribution in [-0.4, -0.2) is 53.5 Å². The van der Waals surface area contributed by atoms with E-state index in [-0.39, 0.29) is 24.9 Å². The van der Waals surface area contributed by atoms with Crippen LogP contribution in [0.15, 0.2) is 18.2 Å². The van der Waals surface area contributed by atoms with E-state index in [0.717, 1.165) is 0 Å². The van der Waals surface area contributed by atoms with E-state index >= 15 is 0 Å². The van der Waals surface area contributed by atoms with E-state index < -0.39 is 35.9 Å². The van der Waals surface area contributed by atoms with Gasteiger partial charge in [0.15, 0.2) is 0 Å². The van der Waals surface area contributed by atoms with E-state index in [4.69, 9.17) is 4.74 Å². The van der Waals surface area contributed by atoms with Crippen molar-refractivity contribution in [1.29, 1.82) is 0 Å². The molecule has 2 aliphatic heterocycles. The number of hydrogen-bond acceptors (Lipinski definition) is 5. The van der Waals surface area contributed by atoms with E-state index in [1.54, 1.807) is 18.2 Å². The number of para-hydroxylation sites is 1. The van der Waals surface area contributed by atoms with Gasteiger partial charge in [-0.2, -0.15) is 0 Å². The Balaban J connectivity index is 1.87. The molecule has 3 rings (SSSR count). The third kappa shape index (κ3) is 3.90. The average Bonchev–Trinajstić information content (AvgIpc) is 3.02. The summed E-state index contributed by atoms with van der Waals surface area (Å²) in [5.74, 6) is -2.26. The van der Waals surface area contributed by atoms with Gasteiger partial charge in [0.2, 0.25) is 11.8 Å². The van der Waals surface area contributed by atoms with Crippen molar-refractivity contribution >= 4 is 29.4 Å². The first kappa shape index (κ1) is 20.6. The van der Waals surface area contributed by atoms with Crippen molar-refractivity contribution in [1.82, 2.24) is 10.6 Å². The molecule has 0 spiro atoms. The number of carboxylic acids is 1. The second-order valence-electron chi connectivity index (χ2n) is 7.47. The monoisotopic (exact) mass is 403 g/mol. The fourth-order valence-electron chi connectivity index (χ4n) is 3.74. The molecule has 4 atom stereocenters. The van der Waals surface area contributed by atoms with Crippen molar-refractivity contribution in [2.24, 2.45) is 5.92 Å². The molecule has 0 bridgehead atoms. The van der Waals surface area contributed by atoms with Gasteiger partial charge in [-0.25, -0.2) is 4.79 Å². The molecule has 1 aromatic carbocycles. The van der Waals surface area contributed by atoms with E-state index in [1.807, 2.05) is 13.8 Å². The van der Waals surface area contributed by atoms with Crippen LogP contribution in [0.5, 0.6) is 5.75 Å². The largest absolute Gasteiger partial charge is 0.489 e. The van der Waals surface area contributed by atoms with E-state index in [1.165, 1.54) is 11.8 Å². The van der Waals surface area contributed by atoms with Gasteiger partial charge in [0.05, 0.1) is 5.69 Å². The molecule has 9 nitrogen and oxygen atoms in total. The second kappa shape index (κ2) is 8.10.